The molecule has 3 rings (SSSR count). The van der Waals surface area contributed by atoms with Gasteiger partial charge >= 0.3 is 17.8 Å². The molecule has 1 heterocycles. The summed E-state index contributed by atoms with van der Waals surface area (Å²) in [5, 5.41) is 16.1. The number of hydrogen-bond donors (Lipinski definition) is 3. The first-order valence-corrected chi connectivity index (χ1v) is 7.92. The number of nitrogens with one attached hydrogen (secondary N) is 2. The highest BCUT2D eigenvalue weighted by atomic mass is 16.4. The molecule has 3 N–H and O–H groups in total. The Morgan fingerprint density at radius 3 is 2.44 bits per heavy atom. The van der Waals surface area contributed by atoms with Gasteiger partial charge in [-0.15, -0.1) is 0 Å². The van der Waals surface area contributed by atoms with Crippen molar-refractivity contribution in [2.45, 2.75) is 6.92 Å². The van der Waals surface area contributed by atoms with Gasteiger partial charge in [-0.3, -0.25) is 9.59 Å². The van der Waals surface area contributed by atoms with Crippen LogP contribution in [-0.4, -0.2) is 28.6 Å². The van der Waals surface area contributed by atoms with Crippen molar-refractivity contribution in [1.82, 2.24) is 5.43 Å². The fourth-order valence-electron chi connectivity index (χ4n) is 2.36. The maximum Gasteiger partial charge on any atom is 0.337 e. The summed E-state index contributed by atoms with van der Waals surface area (Å²) in [6.45, 7) is 1.62. The van der Waals surface area contributed by atoms with Crippen molar-refractivity contribution in [3.63, 3.8) is 0 Å². The quantitative estimate of drug-likeness (QED) is 0.373. The number of hydrogen-bond acceptors (Lipinski definition) is 5. The van der Waals surface area contributed by atoms with E-state index in [1.165, 1.54) is 18.2 Å². The molecule has 0 aliphatic rings. The van der Waals surface area contributed by atoms with Crippen LogP contribution in [0.5, 0.6) is 0 Å². The van der Waals surface area contributed by atoms with E-state index in [2.05, 4.69) is 15.8 Å². The van der Waals surface area contributed by atoms with E-state index < -0.39 is 17.8 Å². The molecule has 0 bridgehead atoms. The molecule has 3 aromatic rings. The largest absolute Gasteiger partial charge is 0.478 e. The summed E-state index contributed by atoms with van der Waals surface area (Å²) in [6.07, 6.45) is 0. The molecule has 0 fully saturated rings. The van der Waals surface area contributed by atoms with Crippen LogP contribution in [0.25, 0.3) is 11.0 Å². The number of hydrazone groups is 1. The van der Waals surface area contributed by atoms with E-state index in [0.29, 0.717) is 17.1 Å². The number of anilines is 1. The summed E-state index contributed by atoms with van der Waals surface area (Å²) >= 11 is 0. The van der Waals surface area contributed by atoms with E-state index >= 15 is 0 Å². The highest BCUT2D eigenvalue weighted by molar-refractivity contribution is 6.40. The standard InChI is InChI=1S/C19H15N3O5/c1-11(16-10-12-6-2-5-9-15(12)27-16)21-22-18(24)17(23)20-14-8-4-3-7-13(14)19(25)26/h2-10H,1H3,(H,20,23)(H,22,24)(H,25,26)/b21-11+. The van der Waals surface area contributed by atoms with E-state index in [-0.39, 0.29) is 11.3 Å². The molecule has 27 heavy (non-hydrogen) atoms. The molecule has 0 radical (unpaired) electrons. The number of aromatic carboxylic acids is 1. The van der Waals surface area contributed by atoms with Crippen molar-refractivity contribution in [2.24, 2.45) is 5.10 Å². The van der Waals surface area contributed by atoms with E-state index in [9.17, 15) is 14.4 Å². The predicted octanol–water partition coefficient (Wildman–Crippen LogP) is 2.61. The predicted molar refractivity (Wildman–Crippen MR) is 98.6 cm³/mol. The van der Waals surface area contributed by atoms with Crippen molar-refractivity contribution in [2.75, 3.05) is 5.32 Å². The first-order valence-electron chi connectivity index (χ1n) is 7.92. The molecule has 8 nitrogen and oxygen atoms in total. The van der Waals surface area contributed by atoms with Gasteiger partial charge in [0, 0.05) is 5.39 Å². The Morgan fingerprint density at radius 2 is 1.70 bits per heavy atom. The molecule has 0 spiro atoms. The van der Waals surface area contributed by atoms with Gasteiger partial charge in [0.2, 0.25) is 0 Å². The minimum absolute atomic E-state index is 0.0168. The first kappa shape index (κ1) is 17.9. The normalized spacial score (nSPS) is 11.2. The molecule has 0 saturated carbocycles. The summed E-state index contributed by atoms with van der Waals surface area (Å²) in [6, 6.07) is 14.9. The van der Waals surface area contributed by atoms with Crippen LogP contribution in [0.4, 0.5) is 5.69 Å². The smallest absolute Gasteiger partial charge is 0.337 e. The number of furan rings is 1. The van der Waals surface area contributed by atoms with Gasteiger partial charge in [-0.05, 0) is 31.2 Å². The summed E-state index contributed by atoms with van der Waals surface area (Å²) in [5.41, 5.74) is 3.07. The maximum atomic E-state index is 12.0. The molecule has 0 unspecified atom stereocenters. The number of nitrogens with zero attached hydrogens (tertiary/aromatic N) is 1. The lowest BCUT2D eigenvalue weighted by atomic mass is 10.2. The van der Waals surface area contributed by atoms with Crippen LogP contribution in [0.2, 0.25) is 0 Å². The molecular formula is C19H15N3O5. The minimum Gasteiger partial charge on any atom is -0.478 e. The third kappa shape index (κ3) is 4.01. The SMILES string of the molecule is C/C(=N\NC(=O)C(=O)Nc1ccccc1C(=O)O)c1cc2ccccc2o1. The van der Waals surface area contributed by atoms with Crippen molar-refractivity contribution in [3.05, 3.63) is 65.9 Å². The second-order valence-corrected chi connectivity index (χ2v) is 5.59. The molecule has 0 atom stereocenters. The van der Waals surface area contributed by atoms with Crippen molar-refractivity contribution < 1.29 is 23.9 Å². The first-order chi connectivity index (χ1) is 13.0. The highest BCUT2D eigenvalue weighted by Gasteiger charge is 2.17. The van der Waals surface area contributed by atoms with Gasteiger partial charge in [0.1, 0.15) is 11.3 Å². The average molecular weight is 365 g/mol. The van der Waals surface area contributed by atoms with Gasteiger partial charge in [-0.25, -0.2) is 10.2 Å². The molecule has 2 amide bonds. The second kappa shape index (κ2) is 7.52. The van der Waals surface area contributed by atoms with Crippen LogP contribution in [0, 0.1) is 0 Å². The number of carbonyl (C=O) groups excluding carboxylic acids is 2. The highest BCUT2D eigenvalue weighted by Crippen LogP contribution is 2.19. The minimum atomic E-state index is -1.22. The lowest BCUT2D eigenvalue weighted by Gasteiger charge is -2.07. The van der Waals surface area contributed by atoms with Crippen LogP contribution in [0.15, 0.2) is 64.1 Å². The van der Waals surface area contributed by atoms with E-state index in [4.69, 9.17) is 9.52 Å². The Morgan fingerprint density at radius 1 is 1.00 bits per heavy atom. The van der Waals surface area contributed by atoms with Crippen molar-refractivity contribution in [1.29, 1.82) is 0 Å². The summed E-state index contributed by atoms with van der Waals surface area (Å²) in [7, 11) is 0. The summed E-state index contributed by atoms with van der Waals surface area (Å²) in [4.78, 5) is 35.0. The zero-order valence-corrected chi connectivity index (χ0v) is 14.2. The number of para-hydroxylation sites is 2. The fraction of sp³-hybridized carbons (Fsp3) is 0.0526. The molecule has 1 aromatic heterocycles. The number of carbonyl (C=O) groups is 3. The van der Waals surface area contributed by atoms with Crippen molar-refractivity contribution >= 4 is 40.2 Å². The Balaban J connectivity index is 1.68. The summed E-state index contributed by atoms with van der Waals surface area (Å²) < 4.78 is 5.61. The number of carboxylic acid groups (broad SMARTS) is 1. The van der Waals surface area contributed by atoms with Gasteiger partial charge < -0.3 is 14.8 Å². The molecule has 0 saturated heterocycles. The lowest BCUT2D eigenvalue weighted by molar-refractivity contribution is -0.136. The Hall–Kier alpha value is -3.94. The average Bonchev–Trinajstić information content (AvgIpc) is 3.10. The fourth-order valence-corrected chi connectivity index (χ4v) is 2.36. The monoisotopic (exact) mass is 365 g/mol. The van der Waals surface area contributed by atoms with Crippen LogP contribution in [0.1, 0.15) is 23.0 Å². The molecule has 2 aromatic carbocycles. The van der Waals surface area contributed by atoms with Gasteiger partial charge in [0.25, 0.3) is 0 Å². The molecule has 0 aliphatic heterocycles. The summed E-state index contributed by atoms with van der Waals surface area (Å²) in [5.74, 6) is -2.84. The number of rotatable bonds is 4. The topological polar surface area (TPSA) is 121 Å². The van der Waals surface area contributed by atoms with Crippen LogP contribution in [-0.2, 0) is 9.59 Å². The van der Waals surface area contributed by atoms with Crippen LogP contribution < -0.4 is 10.7 Å². The number of amides is 2. The Kier molecular flexibility index (Phi) is 4.98. The number of carboxylic acids is 1. The van der Waals surface area contributed by atoms with Gasteiger partial charge in [-0.1, -0.05) is 30.3 Å². The third-order valence-corrected chi connectivity index (χ3v) is 3.72. The third-order valence-electron chi connectivity index (χ3n) is 3.72. The van der Waals surface area contributed by atoms with E-state index in [0.717, 1.165) is 5.39 Å². The zero-order valence-electron chi connectivity index (χ0n) is 14.2. The van der Waals surface area contributed by atoms with E-state index in [1.54, 1.807) is 25.1 Å². The van der Waals surface area contributed by atoms with Crippen LogP contribution in [0.3, 0.4) is 0 Å². The molecule has 8 heteroatoms. The maximum absolute atomic E-state index is 12.0. The molecule has 136 valence electrons. The lowest BCUT2D eigenvalue weighted by Crippen LogP contribution is -2.33. The van der Waals surface area contributed by atoms with Gasteiger partial charge in [-0.2, -0.15) is 5.10 Å². The van der Waals surface area contributed by atoms with Crippen molar-refractivity contribution in [3.8, 4) is 0 Å². The van der Waals surface area contributed by atoms with E-state index in [1.807, 2.05) is 18.2 Å². The molecule has 0 aliphatic carbocycles. The number of benzene rings is 2. The number of fused-ring (bicyclic) bond motifs is 1. The Labute approximate surface area is 153 Å². The van der Waals surface area contributed by atoms with Gasteiger partial charge in [0.15, 0.2) is 5.76 Å². The Bertz CT molecular complexity index is 1030. The van der Waals surface area contributed by atoms with Crippen LogP contribution >= 0.6 is 0 Å². The zero-order chi connectivity index (χ0) is 19.4. The molecular weight excluding hydrogens is 350 g/mol. The second-order valence-electron chi connectivity index (χ2n) is 5.59. The van der Waals surface area contributed by atoms with Gasteiger partial charge in [0.05, 0.1) is 11.3 Å².